The van der Waals surface area contributed by atoms with Crippen LogP contribution in [-0.4, -0.2) is 66.1 Å². The van der Waals surface area contributed by atoms with E-state index in [2.05, 4.69) is 14.8 Å². The average Bonchev–Trinajstić information content (AvgIpc) is 2.79. The van der Waals surface area contributed by atoms with E-state index in [1.807, 2.05) is 30.3 Å². The highest BCUT2D eigenvalue weighted by Crippen LogP contribution is 2.22. The molecule has 0 aliphatic carbocycles. The normalized spacial score (nSPS) is 20.4. The van der Waals surface area contributed by atoms with Crippen LogP contribution in [0.4, 0.5) is 0 Å². The van der Waals surface area contributed by atoms with Crippen LogP contribution in [0.2, 0.25) is 0 Å². The predicted octanol–water partition coefficient (Wildman–Crippen LogP) is 2.99. The summed E-state index contributed by atoms with van der Waals surface area (Å²) < 4.78 is 11.3. The van der Waals surface area contributed by atoms with Gasteiger partial charge in [0.05, 0.1) is 13.2 Å². The first-order valence-electron chi connectivity index (χ1n) is 10.5. The van der Waals surface area contributed by atoms with E-state index in [0.29, 0.717) is 18.1 Å². The van der Waals surface area contributed by atoms with E-state index in [4.69, 9.17) is 9.47 Å². The van der Waals surface area contributed by atoms with Gasteiger partial charge >= 0.3 is 0 Å². The maximum absolute atomic E-state index is 13.3. The molecular weight excluding hydrogens is 366 g/mol. The minimum Gasteiger partial charge on any atom is -0.473 e. The summed E-state index contributed by atoms with van der Waals surface area (Å²) >= 11 is 0. The van der Waals surface area contributed by atoms with Crippen molar-refractivity contribution in [1.82, 2.24) is 14.8 Å². The molecule has 1 unspecified atom stereocenters. The first-order chi connectivity index (χ1) is 14.3. The summed E-state index contributed by atoms with van der Waals surface area (Å²) in [5, 5.41) is 0. The number of hydrogen-bond acceptors (Lipinski definition) is 5. The average molecular weight is 396 g/mol. The molecule has 2 fully saturated rings. The van der Waals surface area contributed by atoms with Crippen LogP contribution in [0.1, 0.15) is 35.2 Å². The number of carbonyl (C=O) groups excluding carboxylic acids is 1. The number of pyridine rings is 1. The van der Waals surface area contributed by atoms with Crippen molar-refractivity contribution in [2.45, 2.75) is 31.9 Å². The lowest BCUT2D eigenvalue weighted by atomic mass is 10.00. The summed E-state index contributed by atoms with van der Waals surface area (Å²) in [6.45, 7) is 5.65. The Morgan fingerprint density at radius 2 is 1.93 bits per heavy atom. The van der Waals surface area contributed by atoms with Gasteiger partial charge in [0.2, 0.25) is 5.88 Å². The third-order valence-corrected chi connectivity index (χ3v) is 5.67. The molecule has 1 aromatic carbocycles. The van der Waals surface area contributed by atoms with Gasteiger partial charge in [0.1, 0.15) is 6.61 Å². The molecule has 2 aliphatic heterocycles. The number of aromatic nitrogens is 1. The maximum atomic E-state index is 13.3. The van der Waals surface area contributed by atoms with Gasteiger partial charge in [-0.25, -0.2) is 4.98 Å². The number of hydrogen-bond donors (Lipinski definition) is 0. The van der Waals surface area contributed by atoms with Crippen LogP contribution in [-0.2, 0) is 11.3 Å². The van der Waals surface area contributed by atoms with Crippen molar-refractivity contribution in [2.24, 2.45) is 0 Å². The van der Waals surface area contributed by atoms with E-state index in [0.717, 1.165) is 57.8 Å². The summed E-state index contributed by atoms with van der Waals surface area (Å²) in [5.41, 5.74) is 1.73. The highest BCUT2D eigenvalue weighted by Gasteiger charge is 2.29. The fourth-order valence-corrected chi connectivity index (χ4v) is 4.06. The number of morpholine rings is 1. The zero-order valence-corrected chi connectivity index (χ0v) is 16.8. The van der Waals surface area contributed by atoms with Gasteiger partial charge < -0.3 is 14.4 Å². The summed E-state index contributed by atoms with van der Waals surface area (Å²) in [4.78, 5) is 22.0. The molecule has 2 aliphatic rings. The fraction of sp³-hybridized carbons (Fsp3) is 0.478. The predicted molar refractivity (Wildman–Crippen MR) is 111 cm³/mol. The van der Waals surface area contributed by atoms with Crippen LogP contribution in [0.25, 0.3) is 0 Å². The van der Waals surface area contributed by atoms with Gasteiger partial charge in [-0.1, -0.05) is 30.3 Å². The van der Waals surface area contributed by atoms with Gasteiger partial charge in [-0.05, 0) is 30.9 Å². The molecule has 0 saturated carbocycles. The zero-order chi connectivity index (χ0) is 19.9. The van der Waals surface area contributed by atoms with E-state index in [1.165, 1.54) is 6.42 Å². The number of amides is 1. The first kappa shape index (κ1) is 19.9. The largest absolute Gasteiger partial charge is 0.473 e. The Labute approximate surface area is 172 Å². The Morgan fingerprint density at radius 1 is 1.10 bits per heavy atom. The topological polar surface area (TPSA) is 54.9 Å². The Morgan fingerprint density at radius 3 is 2.76 bits per heavy atom. The molecule has 1 amide bonds. The molecule has 0 N–H and O–H groups in total. The van der Waals surface area contributed by atoms with E-state index < -0.39 is 0 Å². The molecule has 1 aromatic heterocycles. The Kier molecular flexibility index (Phi) is 6.75. The Hall–Kier alpha value is -2.44. The zero-order valence-electron chi connectivity index (χ0n) is 16.8. The summed E-state index contributed by atoms with van der Waals surface area (Å²) in [6.07, 6.45) is 4.97. The van der Waals surface area contributed by atoms with Crippen molar-refractivity contribution in [2.75, 3.05) is 39.4 Å². The number of nitrogens with zero attached hydrogens (tertiary/aromatic N) is 3. The lowest BCUT2D eigenvalue weighted by Gasteiger charge is -2.39. The number of likely N-dealkylation sites (tertiary alicyclic amines) is 1. The number of carbonyl (C=O) groups is 1. The molecule has 154 valence electrons. The van der Waals surface area contributed by atoms with Gasteiger partial charge in [-0.15, -0.1) is 0 Å². The second-order valence-corrected chi connectivity index (χ2v) is 7.72. The van der Waals surface area contributed by atoms with Crippen LogP contribution in [0.5, 0.6) is 5.88 Å². The van der Waals surface area contributed by atoms with Crippen LogP contribution >= 0.6 is 0 Å². The van der Waals surface area contributed by atoms with Crippen molar-refractivity contribution in [3.8, 4) is 5.88 Å². The molecule has 4 rings (SSSR count). The lowest BCUT2D eigenvalue weighted by molar-refractivity contribution is 0.0166. The maximum Gasteiger partial charge on any atom is 0.254 e. The molecule has 6 heteroatoms. The van der Waals surface area contributed by atoms with Crippen LogP contribution in [0.3, 0.4) is 0 Å². The summed E-state index contributed by atoms with van der Waals surface area (Å²) in [6, 6.07) is 13.8. The Balaban J connectivity index is 1.41. The van der Waals surface area contributed by atoms with E-state index in [-0.39, 0.29) is 11.9 Å². The van der Waals surface area contributed by atoms with Crippen molar-refractivity contribution < 1.29 is 14.3 Å². The summed E-state index contributed by atoms with van der Waals surface area (Å²) in [7, 11) is 0. The second kappa shape index (κ2) is 9.85. The minimum atomic E-state index is 0.0786. The molecule has 1 atom stereocenters. The molecule has 2 aromatic rings. The van der Waals surface area contributed by atoms with Gasteiger partial charge in [-0.2, -0.15) is 0 Å². The molecule has 29 heavy (non-hydrogen) atoms. The van der Waals surface area contributed by atoms with Crippen LogP contribution in [0.15, 0.2) is 48.7 Å². The molecule has 0 spiro atoms. The third-order valence-electron chi connectivity index (χ3n) is 5.67. The summed E-state index contributed by atoms with van der Waals surface area (Å²) in [5.74, 6) is 0.566. The van der Waals surface area contributed by atoms with Crippen molar-refractivity contribution in [3.05, 3.63) is 59.8 Å². The minimum absolute atomic E-state index is 0.0786. The van der Waals surface area contributed by atoms with Gasteiger partial charge in [0.15, 0.2) is 0 Å². The van der Waals surface area contributed by atoms with Crippen molar-refractivity contribution >= 4 is 5.91 Å². The Bertz CT molecular complexity index is 793. The van der Waals surface area contributed by atoms with Gasteiger partial charge in [0.25, 0.3) is 5.91 Å². The fourth-order valence-electron chi connectivity index (χ4n) is 4.06. The first-order valence-corrected chi connectivity index (χ1v) is 10.5. The smallest absolute Gasteiger partial charge is 0.254 e. The number of piperidine rings is 1. The second-order valence-electron chi connectivity index (χ2n) is 7.72. The lowest BCUT2D eigenvalue weighted by Crippen LogP contribution is -2.51. The number of ether oxygens (including phenoxy) is 2. The van der Waals surface area contributed by atoms with Crippen molar-refractivity contribution in [3.63, 3.8) is 0 Å². The molecule has 6 nitrogen and oxygen atoms in total. The van der Waals surface area contributed by atoms with Crippen LogP contribution in [0, 0.1) is 0 Å². The quantitative estimate of drug-likeness (QED) is 0.753. The van der Waals surface area contributed by atoms with E-state index in [1.54, 1.807) is 18.3 Å². The molecule has 0 bridgehead atoms. The van der Waals surface area contributed by atoms with E-state index >= 15 is 0 Å². The molecular formula is C23H29N3O3. The molecule has 0 radical (unpaired) electrons. The number of rotatable bonds is 6. The third kappa shape index (κ3) is 5.34. The molecule has 2 saturated heterocycles. The van der Waals surface area contributed by atoms with Gasteiger partial charge in [-0.3, -0.25) is 9.69 Å². The van der Waals surface area contributed by atoms with E-state index in [9.17, 15) is 4.79 Å². The van der Waals surface area contributed by atoms with Gasteiger partial charge in [0, 0.05) is 50.0 Å². The van der Waals surface area contributed by atoms with Crippen molar-refractivity contribution in [1.29, 1.82) is 0 Å². The highest BCUT2D eigenvalue weighted by atomic mass is 16.5. The molecule has 3 heterocycles. The standard InChI is InChI=1S/C23H29N3O3/c27-23(26-11-5-4-8-21(26)17-25-12-14-28-15-13-25)20-9-10-24-22(16-20)29-18-19-6-2-1-3-7-19/h1-3,6-7,9-10,16,21H,4-5,8,11-15,17-18H2. The monoisotopic (exact) mass is 395 g/mol. The van der Waals surface area contributed by atoms with Crippen LogP contribution < -0.4 is 4.74 Å². The highest BCUT2D eigenvalue weighted by molar-refractivity contribution is 5.94. The number of benzene rings is 1. The SMILES string of the molecule is O=C(c1ccnc(OCc2ccccc2)c1)N1CCCCC1CN1CCOCC1.